The third-order valence-corrected chi connectivity index (χ3v) is 6.74. The number of nitrogens with one attached hydrogen (secondary N) is 1. The molecule has 0 saturated heterocycles. The van der Waals surface area contributed by atoms with E-state index < -0.39 is 6.09 Å². The van der Waals surface area contributed by atoms with Crippen LogP contribution in [-0.4, -0.2) is 17.4 Å². The zero-order chi connectivity index (χ0) is 24.8. The minimum Gasteiger partial charge on any atom is -0.441 e. The molecule has 4 aromatic rings. The second-order valence-electron chi connectivity index (χ2n) is 8.06. The van der Waals surface area contributed by atoms with Gasteiger partial charge in [0.1, 0.15) is 17.5 Å². The lowest BCUT2D eigenvalue weighted by Crippen LogP contribution is -2.16. The first-order valence-electron chi connectivity index (χ1n) is 11.0. The quantitative estimate of drug-likeness (QED) is 0.345. The van der Waals surface area contributed by atoms with E-state index in [0.29, 0.717) is 17.1 Å². The van der Waals surface area contributed by atoms with Crippen molar-refractivity contribution < 1.29 is 23.6 Å². The predicted octanol–water partition coefficient (Wildman–Crippen LogP) is 6.20. The van der Waals surface area contributed by atoms with E-state index in [1.807, 2.05) is 54.7 Å². The number of rotatable bonds is 4. The predicted molar refractivity (Wildman–Crippen MR) is 131 cm³/mol. The van der Waals surface area contributed by atoms with Gasteiger partial charge in [-0.25, -0.2) is 4.79 Å². The fourth-order valence-electron chi connectivity index (χ4n) is 3.51. The summed E-state index contributed by atoms with van der Waals surface area (Å²) in [5, 5.41) is 7.94. The van der Waals surface area contributed by atoms with E-state index in [0.717, 1.165) is 17.0 Å². The Morgan fingerprint density at radius 2 is 1.89 bits per heavy atom. The van der Waals surface area contributed by atoms with E-state index >= 15 is 0 Å². The standard InChI is InChI=1S/C26H22N2O3S.CO2/c1-16-25(27-26(29)30-17(2)19-6-4-3-5-7-19)22(31-28-16)13-9-18-8-10-21-15-24(20-11-12-20)32-23(21)14-18;2-1-3/h3-8,10,14-15,17,20H,11-12H2,1-2H3,(H,27,29);. The van der Waals surface area contributed by atoms with Gasteiger partial charge in [0.2, 0.25) is 5.76 Å². The molecule has 1 unspecified atom stereocenters. The molecule has 1 amide bonds. The molecule has 1 aliphatic rings. The highest BCUT2D eigenvalue weighted by molar-refractivity contribution is 7.19. The van der Waals surface area contributed by atoms with Crippen molar-refractivity contribution in [3.05, 3.63) is 82.1 Å². The average molecular weight is 487 g/mol. The van der Waals surface area contributed by atoms with Gasteiger partial charge in [0.25, 0.3) is 0 Å². The van der Waals surface area contributed by atoms with Gasteiger partial charge in [0.15, 0.2) is 0 Å². The maximum atomic E-state index is 12.4. The molecule has 1 atom stereocenters. The third kappa shape index (κ3) is 6.04. The Morgan fingerprint density at radius 3 is 2.60 bits per heavy atom. The summed E-state index contributed by atoms with van der Waals surface area (Å²) >= 11 is 1.85. The lowest BCUT2D eigenvalue weighted by molar-refractivity contribution is -0.191. The van der Waals surface area contributed by atoms with Crippen molar-refractivity contribution in [2.75, 3.05) is 5.32 Å². The van der Waals surface area contributed by atoms with Crippen LogP contribution >= 0.6 is 11.3 Å². The zero-order valence-electron chi connectivity index (χ0n) is 19.2. The molecular weight excluding hydrogens is 464 g/mol. The largest absolute Gasteiger partial charge is 0.441 e. The fourth-order valence-corrected chi connectivity index (χ4v) is 4.79. The number of fused-ring (bicyclic) bond motifs is 1. The summed E-state index contributed by atoms with van der Waals surface area (Å²) in [4.78, 5) is 30.1. The Labute approximate surface area is 206 Å². The van der Waals surface area contributed by atoms with Crippen LogP contribution in [0.4, 0.5) is 10.5 Å². The van der Waals surface area contributed by atoms with Gasteiger partial charge in [-0.3, -0.25) is 5.32 Å². The van der Waals surface area contributed by atoms with Crippen LogP contribution in [0.2, 0.25) is 0 Å². The van der Waals surface area contributed by atoms with Crippen LogP contribution in [0, 0.1) is 18.8 Å². The highest BCUT2D eigenvalue weighted by atomic mass is 32.1. The molecule has 1 aliphatic carbocycles. The Bertz CT molecular complexity index is 1430. The normalized spacial score (nSPS) is 13.0. The van der Waals surface area contributed by atoms with Crippen LogP contribution in [0.3, 0.4) is 0 Å². The fraction of sp³-hybridized carbons (Fsp3) is 0.222. The van der Waals surface area contributed by atoms with E-state index in [-0.39, 0.29) is 12.3 Å². The summed E-state index contributed by atoms with van der Waals surface area (Å²) in [6.07, 6.45) is 1.88. The zero-order valence-corrected chi connectivity index (χ0v) is 20.0. The van der Waals surface area contributed by atoms with E-state index in [1.54, 1.807) is 6.92 Å². The Hall–Kier alpha value is -4.18. The molecule has 1 saturated carbocycles. The first kappa shape index (κ1) is 24.0. The minimum absolute atomic E-state index is 0.250. The van der Waals surface area contributed by atoms with Crippen molar-refractivity contribution in [3.63, 3.8) is 0 Å². The SMILES string of the molecule is Cc1noc(C#Cc2ccc3cc(C4CC4)sc3c2)c1NC(=O)OC(C)c1ccccc1.O=C=O. The van der Waals surface area contributed by atoms with E-state index in [2.05, 4.69) is 40.5 Å². The van der Waals surface area contributed by atoms with Gasteiger partial charge in [0.05, 0.1) is 0 Å². The second kappa shape index (κ2) is 10.8. The smallest absolute Gasteiger partial charge is 0.412 e. The van der Waals surface area contributed by atoms with Gasteiger partial charge in [0, 0.05) is 15.1 Å². The molecule has 5 rings (SSSR count). The van der Waals surface area contributed by atoms with Crippen LogP contribution in [0.1, 0.15) is 59.2 Å². The number of hydrogen-bond acceptors (Lipinski definition) is 7. The summed E-state index contributed by atoms with van der Waals surface area (Å²) in [5.41, 5.74) is 2.78. The molecule has 0 spiro atoms. The van der Waals surface area contributed by atoms with Crippen LogP contribution in [0.25, 0.3) is 10.1 Å². The molecule has 2 aromatic carbocycles. The number of aryl methyl sites for hydroxylation is 1. The molecular formula is C27H22N2O5S. The van der Waals surface area contributed by atoms with Crippen molar-refractivity contribution in [3.8, 4) is 11.8 Å². The lowest BCUT2D eigenvalue weighted by Gasteiger charge is -2.13. The number of carbonyl (C=O) groups excluding carboxylic acids is 3. The third-order valence-electron chi connectivity index (χ3n) is 5.48. The van der Waals surface area contributed by atoms with Crippen molar-refractivity contribution in [1.29, 1.82) is 0 Å². The monoisotopic (exact) mass is 486 g/mol. The van der Waals surface area contributed by atoms with Gasteiger partial charge in [-0.2, -0.15) is 9.59 Å². The number of thiophene rings is 1. The Morgan fingerprint density at radius 1 is 1.14 bits per heavy atom. The second-order valence-corrected chi connectivity index (χ2v) is 9.18. The molecule has 1 fully saturated rings. The number of ether oxygens (including phenoxy) is 1. The number of aromatic nitrogens is 1. The number of carbonyl (C=O) groups is 1. The maximum absolute atomic E-state index is 12.4. The van der Waals surface area contributed by atoms with Gasteiger partial charge in [-0.15, -0.1) is 11.3 Å². The van der Waals surface area contributed by atoms with Crippen LogP contribution in [0.15, 0.2) is 59.1 Å². The topological polar surface area (TPSA) is 98.5 Å². The Kier molecular flexibility index (Phi) is 7.41. The first-order chi connectivity index (χ1) is 17.0. The van der Waals surface area contributed by atoms with Crippen LogP contribution in [0.5, 0.6) is 0 Å². The number of hydrogen-bond donors (Lipinski definition) is 1. The number of anilines is 1. The van der Waals surface area contributed by atoms with Crippen molar-refractivity contribution >= 4 is 39.4 Å². The molecule has 8 heteroatoms. The lowest BCUT2D eigenvalue weighted by atomic mass is 10.1. The average Bonchev–Trinajstić information content (AvgIpc) is 3.54. The van der Waals surface area contributed by atoms with Gasteiger partial charge in [-0.1, -0.05) is 47.5 Å². The highest BCUT2D eigenvalue weighted by Gasteiger charge is 2.25. The summed E-state index contributed by atoms with van der Waals surface area (Å²) in [5.74, 6) is 7.18. The van der Waals surface area contributed by atoms with Gasteiger partial charge < -0.3 is 9.26 Å². The Balaban J connectivity index is 0.000000917. The summed E-state index contributed by atoms with van der Waals surface area (Å²) in [6, 6.07) is 18.1. The molecule has 2 aromatic heterocycles. The molecule has 2 heterocycles. The summed E-state index contributed by atoms with van der Waals surface area (Å²) < 4.78 is 12.1. The van der Waals surface area contributed by atoms with Crippen LogP contribution in [-0.2, 0) is 14.3 Å². The van der Waals surface area contributed by atoms with E-state index in [4.69, 9.17) is 18.8 Å². The van der Waals surface area contributed by atoms with Crippen molar-refractivity contribution in [2.24, 2.45) is 0 Å². The van der Waals surface area contributed by atoms with Gasteiger partial charge >= 0.3 is 12.2 Å². The molecule has 35 heavy (non-hydrogen) atoms. The molecule has 1 N–H and O–H groups in total. The highest BCUT2D eigenvalue weighted by Crippen LogP contribution is 2.45. The van der Waals surface area contributed by atoms with E-state index in [9.17, 15) is 4.79 Å². The summed E-state index contributed by atoms with van der Waals surface area (Å²) in [6.45, 7) is 3.58. The number of benzene rings is 2. The van der Waals surface area contributed by atoms with Crippen molar-refractivity contribution in [1.82, 2.24) is 5.16 Å². The molecule has 0 aliphatic heterocycles. The number of amides is 1. The van der Waals surface area contributed by atoms with E-state index in [1.165, 1.54) is 27.8 Å². The maximum Gasteiger partial charge on any atom is 0.412 e. The molecule has 0 bridgehead atoms. The molecule has 7 nitrogen and oxygen atoms in total. The minimum atomic E-state index is -0.580. The summed E-state index contributed by atoms with van der Waals surface area (Å²) in [7, 11) is 0. The van der Waals surface area contributed by atoms with Gasteiger partial charge in [-0.05, 0) is 67.7 Å². The van der Waals surface area contributed by atoms with Crippen LogP contribution < -0.4 is 5.32 Å². The van der Waals surface area contributed by atoms with Crippen molar-refractivity contribution in [2.45, 2.75) is 38.7 Å². The first-order valence-corrected chi connectivity index (χ1v) is 11.8. The molecule has 176 valence electrons. The number of nitrogens with zero attached hydrogens (tertiary/aromatic N) is 1. The molecule has 0 radical (unpaired) electrons.